The minimum Gasteiger partial charge on any atom is -0.507 e. The van der Waals surface area contributed by atoms with Crippen LogP contribution < -0.4 is 0 Å². The number of aryl methyl sites for hydroxylation is 1. The van der Waals surface area contributed by atoms with Crippen molar-refractivity contribution in [3.8, 4) is 17.0 Å². The quantitative estimate of drug-likeness (QED) is 0.873. The van der Waals surface area contributed by atoms with E-state index in [1.807, 2.05) is 12.3 Å². The van der Waals surface area contributed by atoms with E-state index in [0.29, 0.717) is 12.2 Å². The Kier molecular flexibility index (Phi) is 4.16. The molecule has 19 heavy (non-hydrogen) atoms. The molecular weight excluding hydrogens is 262 g/mol. The third-order valence-electron chi connectivity index (χ3n) is 2.61. The van der Waals surface area contributed by atoms with E-state index >= 15 is 0 Å². The van der Waals surface area contributed by atoms with Gasteiger partial charge in [0.1, 0.15) is 5.75 Å². The first-order valence-corrected chi connectivity index (χ1v) is 6.88. The van der Waals surface area contributed by atoms with Gasteiger partial charge in [-0.25, -0.2) is 4.98 Å². The van der Waals surface area contributed by atoms with Crippen LogP contribution in [-0.4, -0.2) is 22.7 Å². The van der Waals surface area contributed by atoms with Gasteiger partial charge in [-0.05, 0) is 31.5 Å². The maximum Gasteiger partial charge on any atom is 0.310 e. The van der Waals surface area contributed by atoms with Gasteiger partial charge in [-0.2, -0.15) is 0 Å². The predicted molar refractivity (Wildman–Crippen MR) is 74.3 cm³/mol. The van der Waals surface area contributed by atoms with Crippen molar-refractivity contribution in [1.82, 2.24) is 4.98 Å². The highest BCUT2D eigenvalue weighted by Gasteiger charge is 2.11. The second-order valence-corrected chi connectivity index (χ2v) is 5.15. The predicted octanol–water partition coefficient (Wildman–Crippen LogP) is 2.93. The number of rotatable bonds is 4. The van der Waals surface area contributed by atoms with E-state index < -0.39 is 0 Å². The smallest absolute Gasteiger partial charge is 0.310 e. The van der Waals surface area contributed by atoms with E-state index in [1.54, 1.807) is 25.1 Å². The van der Waals surface area contributed by atoms with Crippen molar-refractivity contribution < 1.29 is 14.6 Å². The van der Waals surface area contributed by atoms with Crippen molar-refractivity contribution >= 4 is 17.3 Å². The van der Waals surface area contributed by atoms with Gasteiger partial charge < -0.3 is 9.84 Å². The van der Waals surface area contributed by atoms with Gasteiger partial charge in [0.2, 0.25) is 0 Å². The zero-order chi connectivity index (χ0) is 13.8. The minimum absolute atomic E-state index is 0.165. The Morgan fingerprint density at radius 3 is 2.89 bits per heavy atom. The van der Waals surface area contributed by atoms with Gasteiger partial charge in [0.15, 0.2) is 0 Å². The topological polar surface area (TPSA) is 59.4 Å². The number of nitrogens with zero attached hydrogens (tertiary/aromatic N) is 1. The normalized spacial score (nSPS) is 10.4. The average molecular weight is 277 g/mol. The molecule has 0 amide bonds. The van der Waals surface area contributed by atoms with Gasteiger partial charge in [-0.15, -0.1) is 11.3 Å². The summed E-state index contributed by atoms with van der Waals surface area (Å²) in [6.45, 7) is 4.06. The number of phenols is 1. The fraction of sp³-hybridized carbons (Fsp3) is 0.286. The first-order valence-electron chi connectivity index (χ1n) is 6.00. The van der Waals surface area contributed by atoms with Crippen molar-refractivity contribution in [3.05, 3.63) is 34.2 Å². The summed E-state index contributed by atoms with van der Waals surface area (Å²) in [7, 11) is 0. The number of aromatic nitrogens is 1. The molecule has 0 saturated heterocycles. The van der Waals surface area contributed by atoms with Crippen molar-refractivity contribution in [2.24, 2.45) is 0 Å². The SMILES string of the molecule is CCOC(=O)Cc1ccc(O)c(-c2csc(C)n2)c1. The van der Waals surface area contributed by atoms with E-state index in [9.17, 15) is 9.90 Å². The number of esters is 1. The molecule has 1 heterocycles. The number of hydrogen-bond donors (Lipinski definition) is 1. The second kappa shape index (κ2) is 5.84. The summed E-state index contributed by atoms with van der Waals surface area (Å²) in [5, 5.41) is 12.7. The molecule has 1 aromatic carbocycles. The van der Waals surface area contributed by atoms with Gasteiger partial charge in [0, 0.05) is 10.9 Å². The molecule has 0 aliphatic carbocycles. The largest absolute Gasteiger partial charge is 0.507 e. The molecular formula is C14H15NO3S. The fourth-order valence-corrected chi connectivity index (χ4v) is 2.38. The molecule has 2 rings (SSSR count). The van der Waals surface area contributed by atoms with Gasteiger partial charge in [0.05, 0.1) is 23.7 Å². The van der Waals surface area contributed by atoms with Gasteiger partial charge in [0.25, 0.3) is 0 Å². The molecule has 0 radical (unpaired) electrons. The van der Waals surface area contributed by atoms with Crippen LogP contribution in [0.4, 0.5) is 0 Å². The highest BCUT2D eigenvalue weighted by molar-refractivity contribution is 7.09. The molecule has 0 unspecified atom stereocenters. The lowest BCUT2D eigenvalue weighted by atomic mass is 10.1. The maximum absolute atomic E-state index is 11.5. The summed E-state index contributed by atoms with van der Waals surface area (Å²) in [6, 6.07) is 5.08. The molecule has 0 fully saturated rings. The van der Waals surface area contributed by atoms with E-state index in [2.05, 4.69) is 4.98 Å². The van der Waals surface area contributed by atoms with Crippen molar-refractivity contribution in [2.75, 3.05) is 6.61 Å². The van der Waals surface area contributed by atoms with Crippen molar-refractivity contribution in [3.63, 3.8) is 0 Å². The molecule has 100 valence electrons. The number of hydrogen-bond acceptors (Lipinski definition) is 5. The lowest BCUT2D eigenvalue weighted by Crippen LogP contribution is -2.07. The van der Waals surface area contributed by atoms with Crippen LogP contribution in [0.2, 0.25) is 0 Å². The Morgan fingerprint density at radius 1 is 1.47 bits per heavy atom. The number of benzene rings is 1. The highest BCUT2D eigenvalue weighted by Crippen LogP contribution is 2.30. The van der Waals surface area contributed by atoms with Crippen LogP contribution in [0.1, 0.15) is 17.5 Å². The van der Waals surface area contributed by atoms with E-state index in [4.69, 9.17) is 4.74 Å². The fourth-order valence-electron chi connectivity index (χ4n) is 1.76. The number of ether oxygens (including phenoxy) is 1. The Hall–Kier alpha value is -1.88. The summed E-state index contributed by atoms with van der Waals surface area (Å²) >= 11 is 1.52. The molecule has 0 saturated carbocycles. The van der Waals surface area contributed by atoms with Gasteiger partial charge in [-0.1, -0.05) is 6.07 Å². The molecule has 1 aromatic heterocycles. The lowest BCUT2D eigenvalue weighted by molar-refractivity contribution is -0.142. The van der Waals surface area contributed by atoms with E-state index in [0.717, 1.165) is 16.3 Å². The Morgan fingerprint density at radius 2 is 2.26 bits per heavy atom. The molecule has 0 spiro atoms. The minimum atomic E-state index is -0.270. The van der Waals surface area contributed by atoms with Crippen molar-refractivity contribution in [1.29, 1.82) is 0 Å². The van der Waals surface area contributed by atoms with Crippen LogP contribution in [0.25, 0.3) is 11.3 Å². The maximum atomic E-state index is 11.5. The molecule has 0 aliphatic rings. The summed E-state index contributed by atoms with van der Waals surface area (Å²) in [5.41, 5.74) is 2.17. The number of thiazole rings is 1. The Balaban J connectivity index is 2.27. The first-order chi connectivity index (χ1) is 9.10. The van der Waals surface area contributed by atoms with E-state index in [-0.39, 0.29) is 18.1 Å². The van der Waals surface area contributed by atoms with Crippen LogP contribution in [-0.2, 0) is 16.0 Å². The zero-order valence-electron chi connectivity index (χ0n) is 10.8. The summed E-state index contributed by atoms with van der Waals surface area (Å²) in [5.74, 6) is -0.105. The molecule has 4 nitrogen and oxygen atoms in total. The molecule has 1 N–H and O–H groups in total. The lowest BCUT2D eigenvalue weighted by Gasteiger charge is -2.06. The Bertz CT molecular complexity index is 592. The third-order valence-corrected chi connectivity index (χ3v) is 3.38. The van der Waals surface area contributed by atoms with Crippen LogP contribution in [0.5, 0.6) is 5.75 Å². The molecule has 0 aliphatic heterocycles. The third kappa shape index (κ3) is 3.32. The van der Waals surface area contributed by atoms with Crippen LogP contribution >= 0.6 is 11.3 Å². The number of phenolic OH excluding ortho intramolecular Hbond substituents is 1. The Labute approximate surface area is 115 Å². The van der Waals surface area contributed by atoms with E-state index in [1.165, 1.54) is 11.3 Å². The number of carbonyl (C=O) groups is 1. The molecule has 0 atom stereocenters. The van der Waals surface area contributed by atoms with Gasteiger partial charge >= 0.3 is 5.97 Å². The molecule has 5 heteroatoms. The highest BCUT2D eigenvalue weighted by atomic mass is 32.1. The van der Waals surface area contributed by atoms with Crippen molar-refractivity contribution in [2.45, 2.75) is 20.3 Å². The molecule has 2 aromatic rings. The summed E-state index contributed by atoms with van der Waals surface area (Å²) in [4.78, 5) is 15.8. The number of carbonyl (C=O) groups excluding carboxylic acids is 1. The standard InChI is InChI=1S/C14H15NO3S/c1-3-18-14(17)7-10-4-5-13(16)11(6-10)12-8-19-9(2)15-12/h4-6,8,16H,3,7H2,1-2H3. The molecule has 0 bridgehead atoms. The summed E-state index contributed by atoms with van der Waals surface area (Å²) < 4.78 is 4.91. The first kappa shape index (κ1) is 13.5. The number of aromatic hydroxyl groups is 1. The van der Waals surface area contributed by atoms with Crippen LogP contribution in [0.15, 0.2) is 23.6 Å². The van der Waals surface area contributed by atoms with Crippen LogP contribution in [0, 0.1) is 6.92 Å². The summed E-state index contributed by atoms with van der Waals surface area (Å²) in [6.07, 6.45) is 0.199. The van der Waals surface area contributed by atoms with Crippen LogP contribution in [0.3, 0.4) is 0 Å². The zero-order valence-corrected chi connectivity index (χ0v) is 11.7. The van der Waals surface area contributed by atoms with Gasteiger partial charge in [-0.3, -0.25) is 4.79 Å². The average Bonchev–Trinajstić information content (AvgIpc) is 2.78. The second-order valence-electron chi connectivity index (χ2n) is 4.09. The monoisotopic (exact) mass is 277 g/mol.